The van der Waals surface area contributed by atoms with Crippen LogP contribution >= 0.6 is 43.5 Å². The molecule has 19 heavy (non-hydrogen) atoms. The molecule has 0 bridgehead atoms. The number of hydrogen-bond donors (Lipinski definition) is 1. The largest absolute Gasteiger partial charge is 0.319 e. The highest BCUT2D eigenvalue weighted by Gasteiger charge is 2.21. The summed E-state index contributed by atoms with van der Waals surface area (Å²) in [6.45, 7) is 4.15. The van der Waals surface area contributed by atoms with Crippen LogP contribution in [-0.2, 0) is 0 Å². The molecule has 2 N–H and O–H groups in total. The zero-order valence-electron chi connectivity index (χ0n) is 10.6. The van der Waals surface area contributed by atoms with Crippen LogP contribution in [0, 0.1) is 0 Å². The summed E-state index contributed by atoms with van der Waals surface area (Å²) in [5.41, 5.74) is 8.32. The zero-order valence-corrected chi connectivity index (χ0v) is 14.5. The highest BCUT2D eigenvalue weighted by molar-refractivity contribution is 9.10. The first-order valence-corrected chi connectivity index (χ1v) is 7.81. The van der Waals surface area contributed by atoms with E-state index in [4.69, 9.17) is 17.3 Å². The average Bonchev–Trinajstić information content (AvgIpc) is 2.70. The minimum atomic E-state index is -0.272. The van der Waals surface area contributed by atoms with Gasteiger partial charge in [-0.2, -0.15) is 5.10 Å². The van der Waals surface area contributed by atoms with E-state index in [2.05, 4.69) is 50.8 Å². The Morgan fingerprint density at radius 3 is 2.53 bits per heavy atom. The molecule has 0 aliphatic heterocycles. The molecule has 3 nitrogen and oxygen atoms in total. The first-order chi connectivity index (χ1) is 8.91. The normalized spacial score (nSPS) is 13.0. The fourth-order valence-electron chi connectivity index (χ4n) is 1.95. The van der Waals surface area contributed by atoms with Gasteiger partial charge in [-0.05, 0) is 47.5 Å². The SMILES string of the molecule is CC(C)n1ncc(Br)c1C(N)c1ccc(Cl)cc1Br. The monoisotopic (exact) mass is 405 g/mol. The first kappa shape index (κ1) is 15.0. The Kier molecular flexibility index (Phi) is 4.71. The van der Waals surface area contributed by atoms with Gasteiger partial charge in [0.2, 0.25) is 0 Å². The number of benzene rings is 1. The minimum absolute atomic E-state index is 0.249. The summed E-state index contributed by atoms with van der Waals surface area (Å²) in [6, 6.07) is 5.59. The number of hydrogen-bond acceptors (Lipinski definition) is 2. The van der Waals surface area contributed by atoms with Crippen LogP contribution in [0.25, 0.3) is 0 Å². The number of nitrogens with zero attached hydrogens (tertiary/aromatic N) is 2. The van der Waals surface area contributed by atoms with Crippen molar-refractivity contribution in [2.75, 3.05) is 0 Å². The van der Waals surface area contributed by atoms with E-state index < -0.39 is 0 Å². The number of rotatable bonds is 3. The van der Waals surface area contributed by atoms with Crippen molar-refractivity contribution in [3.05, 3.63) is 49.6 Å². The lowest BCUT2D eigenvalue weighted by molar-refractivity contribution is 0.498. The third-order valence-corrected chi connectivity index (χ3v) is 4.40. The van der Waals surface area contributed by atoms with Gasteiger partial charge in [0.25, 0.3) is 0 Å². The van der Waals surface area contributed by atoms with E-state index >= 15 is 0 Å². The third-order valence-electron chi connectivity index (χ3n) is 2.87. The number of aromatic nitrogens is 2. The molecule has 0 aliphatic carbocycles. The number of nitrogens with two attached hydrogens (primary N) is 1. The fourth-order valence-corrected chi connectivity index (χ4v) is 3.40. The molecule has 0 saturated carbocycles. The van der Waals surface area contributed by atoms with Gasteiger partial charge < -0.3 is 5.73 Å². The van der Waals surface area contributed by atoms with Gasteiger partial charge in [0.1, 0.15) is 0 Å². The van der Waals surface area contributed by atoms with Gasteiger partial charge >= 0.3 is 0 Å². The first-order valence-electron chi connectivity index (χ1n) is 5.85. The Labute approximate surface area is 134 Å². The fraction of sp³-hybridized carbons (Fsp3) is 0.308. The van der Waals surface area contributed by atoms with Crippen molar-refractivity contribution in [1.82, 2.24) is 9.78 Å². The van der Waals surface area contributed by atoms with E-state index in [0.717, 1.165) is 20.2 Å². The van der Waals surface area contributed by atoms with Crippen LogP contribution in [0.4, 0.5) is 0 Å². The second-order valence-corrected chi connectivity index (χ2v) is 6.70. The van der Waals surface area contributed by atoms with Crippen molar-refractivity contribution < 1.29 is 0 Å². The van der Waals surface area contributed by atoms with E-state index in [9.17, 15) is 0 Å². The molecule has 1 unspecified atom stereocenters. The molecule has 1 atom stereocenters. The molecule has 2 aromatic rings. The van der Waals surface area contributed by atoms with E-state index in [1.54, 1.807) is 6.20 Å². The molecular formula is C13H14Br2ClN3. The van der Waals surface area contributed by atoms with Gasteiger partial charge in [-0.15, -0.1) is 0 Å². The summed E-state index contributed by atoms with van der Waals surface area (Å²) in [5, 5.41) is 5.04. The number of halogens is 3. The van der Waals surface area contributed by atoms with Crippen LogP contribution in [0.3, 0.4) is 0 Å². The minimum Gasteiger partial charge on any atom is -0.319 e. The molecule has 0 spiro atoms. The van der Waals surface area contributed by atoms with Crippen LogP contribution in [0.2, 0.25) is 5.02 Å². The molecule has 0 radical (unpaired) electrons. The van der Waals surface area contributed by atoms with Crippen LogP contribution in [0.1, 0.15) is 37.2 Å². The Bertz CT molecular complexity index is 596. The van der Waals surface area contributed by atoms with Crippen molar-refractivity contribution in [1.29, 1.82) is 0 Å². The maximum absolute atomic E-state index is 6.39. The zero-order chi connectivity index (χ0) is 14.2. The molecule has 0 amide bonds. The summed E-state index contributed by atoms with van der Waals surface area (Å²) in [7, 11) is 0. The summed E-state index contributed by atoms with van der Waals surface area (Å²) in [4.78, 5) is 0. The lowest BCUT2D eigenvalue weighted by Crippen LogP contribution is -2.19. The average molecular weight is 408 g/mol. The molecule has 0 aliphatic rings. The van der Waals surface area contributed by atoms with Gasteiger partial charge in [0.05, 0.1) is 22.4 Å². The molecule has 6 heteroatoms. The Morgan fingerprint density at radius 2 is 1.95 bits per heavy atom. The van der Waals surface area contributed by atoms with Crippen LogP contribution in [0.15, 0.2) is 33.3 Å². The van der Waals surface area contributed by atoms with Gasteiger partial charge in [-0.1, -0.05) is 33.6 Å². The summed E-state index contributed by atoms with van der Waals surface area (Å²) in [5.74, 6) is 0. The standard InChI is InChI=1S/C13H14Br2ClN3/c1-7(2)19-13(11(15)6-18-19)12(17)9-4-3-8(16)5-10(9)14/h3-7,12H,17H2,1-2H3. The topological polar surface area (TPSA) is 43.8 Å². The Hall–Kier alpha value is -0.360. The van der Waals surface area contributed by atoms with Crippen molar-refractivity contribution in [2.24, 2.45) is 5.73 Å². The van der Waals surface area contributed by atoms with Crippen molar-refractivity contribution in [3.8, 4) is 0 Å². The van der Waals surface area contributed by atoms with Crippen molar-refractivity contribution in [3.63, 3.8) is 0 Å². The maximum Gasteiger partial charge on any atom is 0.0745 e. The molecule has 0 fully saturated rings. The summed E-state index contributed by atoms with van der Waals surface area (Å²) < 4.78 is 3.74. The highest BCUT2D eigenvalue weighted by Crippen LogP contribution is 2.33. The second-order valence-electron chi connectivity index (χ2n) is 4.56. The molecule has 1 aromatic carbocycles. The van der Waals surface area contributed by atoms with Gasteiger partial charge in [-0.25, -0.2) is 0 Å². The molecular weight excluding hydrogens is 393 g/mol. The Morgan fingerprint density at radius 1 is 1.26 bits per heavy atom. The molecule has 102 valence electrons. The van der Waals surface area contributed by atoms with Crippen molar-refractivity contribution >= 4 is 43.5 Å². The smallest absolute Gasteiger partial charge is 0.0745 e. The van der Waals surface area contributed by atoms with Crippen molar-refractivity contribution in [2.45, 2.75) is 25.9 Å². The third kappa shape index (κ3) is 3.05. The molecule has 1 heterocycles. The van der Waals surface area contributed by atoms with Crippen LogP contribution < -0.4 is 5.73 Å². The lowest BCUT2D eigenvalue weighted by Gasteiger charge is -2.19. The predicted octanol–water partition coefficient (Wildman–Crippen LogP) is 4.69. The lowest BCUT2D eigenvalue weighted by atomic mass is 10.0. The quantitative estimate of drug-likeness (QED) is 0.802. The van der Waals surface area contributed by atoms with Crippen LogP contribution in [-0.4, -0.2) is 9.78 Å². The van der Waals surface area contributed by atoms with Crippen LogP contribution in [0.5, 0.6) is 0 Å². The van der Waals surface area contributed by atoms with E-state index in [0.29, 0.717) is 5.02 Å². The molecule has 2 rings (SSSR count). The van der Waals surface area contributed by atoms with E-state index in [1.165, 1.54) is 0 Å². The highest BCUT2D eigenvalue weighted by atomic mass is 79.9. The second kappa shape index (κ2) is 5.95. The van der Waals surface area contributed by atoms with E-state index in [1.807, 2.05) is 22.9 Å². The predicted molar refractivity (Wildman–Crippen MR) is 85.5 cm³/mol. The molecule has 1 aromatic heterocycles. The molecule has 0 saturated heterocycles. The van der Waals surface area contributed by atoms with E-state index in [-0.39, 0.29) is 12.1 Å². The van der Waals surface area contributed by atoms with Gasteiger partial charge in [0.15, 0.2) is 0 Å². The maximum atomic E-state index is 6.39. The van der Waals surface area contributed by atoms with Gasteiger partial charge in [0, 0.05) is 15.5 Å². The van der Waals surface area contributed by atoms with Gasteiger partial charge in [-0.3, -0.25) is 4.68 Å². The summed E-state index contributed by atoms with van der Waals surface area (Å²) in [6.07, 6.45) is 1.78. The summed E-state index contributed by atoms with van der Waals surface area (Å²) >= 11 is 13.0. The Balaban J connectivity index is 2.49.